The Morgan fingerprint density at radius 3 is 1.93 bits per heavy atom. The van der Waals surface area contributed by atoms with Crippen molar-refractivity contribution in [2.75, 3.05) is 7.11 Å². The van der Waals surface area contributed by atoms with Crippen molar-refractivity contribution < 1.29 is 23.0 Å². The van der Waals surface area contributed by atoms with E-state index in [1.807, 2.05) is 0 Å². The van der Waals surface area contributed by atoms with Gasteiger partial charge in [0.1, 0.15) is 5.75 Å². The second-order valence-electron chi connectivity index (χ2n) is 3.30. The van der Waals surface area contributed by atoms with Crippen molar-refractivity contribution in [2.24, 2.45) is 0 Å². The molecular formula is C10H11F3O2. The van der Waals surface area contributed by atoms with Gasteiger partial charge in [-0.1, -0.05) is 12.1 Å². The summed E-state index contributed by atoms with van der Waals surface area (Å²) in [6, 6.07) is 5.11. The zero-order valence-electron chi connectivity index (χ0n) is 8.30. The summed E-state index contributed by atoms with van der Waals surface area (Å²) in [5.41, 5.74) is -3.05. The van der Waals surface area contributed by atoms with Crippen LogP contribution in [0, 0.1) is 0 Å². The maximum atomic E-state index is 12.4. The molecule has 1 N–H and O–H groups in total. The van der Waals surface area contributed by atoms with Crippen LogP contribution in [0.5, 0.6) is 5.75 Å². The van der Waals surface area contributed by atoms with Gasteiger partial charge in [-0.2, -0.15) is 13.2 Å². The van der Waals surface area contributed by atoms with Crippen LogP contribution in [0.15, 0.2) is 24.3 Å². The molecule has 0 aliphatic rings. The maximum absolute atomic E-state index is 12.4. The maximum Gasteiger partial charge on any atom is 0.421 e. The first-order valence-corrected chi connectivity index (χ1v) is 4.22. The smallest absolute Gasteiger partial charge is 0.421 e. The van der Waals surface area contributed by atoms with Gasteiger partial charge in [-0.05, 0) is 24.6 Å². The molecule has 1 atom stereocenters. The zero-order chi connectivity index (χ0) is 11.7. The van der Waals surface area contributed by atoms with Crippen LogP contribution < -0.4 is 4.74 Å². The normalized spacial score (nSPS) is 15.9. The minimum absolute atomic E-state index is 0.212. The molecule has 0 radical (unpaired) electrons. The third-order valence-electron chi connectivity index (χ3n) is 2.20. The van der Waals surface area contributed by atoms with Gasteiger partial charge < -0.3 is 9.84 Å². The predicted octanol–water partition coefficient (Wildman–Crippen LogP) is 2.47. The van der Waals surface area contributed by atoms with E-state index < -0.39 is 11.8 Å². The first kappa shape index (κ1) is 11.8. The molecule has 15 heavy (non-hydrogen) atoms. The Kier molecular flexibility index (Phi) is 2.95. The number of hydrogen-bond acceptors (Lipinski definition) is 2. The van der Waals surface area contributed by atoms with E-state index in [-0.39, 0.29) is 5.56 Å². The second kappa shape index (κ2) is 3.73. The fraction of sp³-hybridized carbons (Fsp3) is 0.400. The predicted molar refractivity (Wildman–Crippen MR) is 48.6 cm³/mol. The number of ether oxygens (including phenoxy) is 1. The molecule has 0 amide bonds. The van der Waals surface area contributed by atoms with Crippen molar-refractivity contribution in [2.45, 2.75) is 18.7 Å². The summed E-state index contributed by atoms with van der Waals surface area (Å²) in [6.07, 6.45) is -4.69. The van der Waals surface area contributed by atoms with E-state index in [0.29, 0.717) is 5.75 Å². The van der Waals surface area contributed by atoms with Crippen LogP contribution in [0.3, 0.4) is 0 Å². The van der Waals surface area contributed by atoms with Gasteiger partial charge >= 0.3 is 6.18 Å². The summed E-state index contributed by atoms with van der Waals surface area (Å²) in [6.45, 7) is 0.717. The Morgan fingerprint density at radius 1 is 1.13 bits per heavy atom. The Labute approximate surface area is 85.3 Å². The van der Waals surface area contributed by atoms with Gasteiger partial charge in [-0.3, -0.25) is 0 Å². The first-order valence-electron chi connectivity index (χ1n) is 4.22. The van der Waals surface area contributed by atoms with E-state index in [4.69, 9.17) is 4.74 Å². The lowest BCUT2D eigenvalue weighted by Crippen LogP contribution is -2.39. The molecule has 5 heteroatoms. The van der Waals surface area contributed by atoms with Gasteiger partial charge in [0.05, 0.1) is 7.11 Å². The molecular weight excluding hydrogens is 209 g/mol. The molecule has 0 spiro atoms. The molecule has 0 aliphatic carbocycles. The molecule has 0 unspecified atom stereocenters. The summed E-state index contributed by atoms with van der Waals surface area (Å²) >= 11 is 0. The Hall–Kier alpha value is -1.23. The van der Waals surface area contributed by atoms with Crippen LogP contribution in [-0.4, -0.2) is 18.4 Å². The molecule has 2 nitrogen and oxygen atoms in total. The fourth-order valence-electron chi connectivity index (χ4n) is 1.08. The summed E-state index contributed by atoms with van der Waals surface area (Å²) < 4.78 is 42.1. The third kappa shape index (κ3) is 2.23. The second-order valence-corrected chi connectivity index (χ2v) is 3.30. The van der Waals surface area contributed by atoms with Crippen molar-refractivity contribution in [3.05, 3.63) is 29.8 Å². The quantitative estimate of drug-likeness (QED) is 0.829. The molecule has 0 heterocycles. The largest absolute Gasteiger partial charge is 0.497 e. The number of halogens is 3. The van der Waals surface area contributed by atoms with E-state index in [1.165, 1.54) is 31.4 Å². The minimum atomic E-state index is -4.69. The molecule has 84 valence electrons. The zero-order valence-corrected chi connectivity index (χ0v) is 8.30. The number of methoxy groups -OCH3 is 1. The highest BCUT2D eigenvalue weighted by atomic mass is 19.4. The number of rotatable bonds is 2. The van der Waals surface area contributed by atoms with Crippen molar-refractivity contribution in [3.63, 3.8) is 0 Å². The molecule has 0 aromatic heterocycles. The van der Waals surface area contributed by atoms with Gasteiger partial charge in [-0.15, -0.1) is 0 Å². The fourth-order valence-corrected chi connectivity index (χ4v) is 1.08. The third-order valence-corrected chi connectivity index (χ3v) is 2.20. The molecule has 0 fully saturated rings. The Morgan fingerprint density at radius 2 is 1.60 bits per heavy atom. The Balaban J connectivity index is 3.06. The molecule has 1 aromatic rings. The lowest BCUT2D eigenvalue weighted by atomic mass is 9.95. The van der Waals surface area contributed by atoms with Crippen LogP contribution in [0.2, 0.25) is 0 Å². The number of hydrogen-bond donors (Lipinski definition) is 1. The van der Waals surface area contributed by atoms with Gasteiger partial charge in [0.25, 0.3) is 0 Å². The molecule has 0 aliphatic heterocycles. The minimum Gasteiger partial charge on any atom is -0.497 e. The van der Waals surface area contributed by atoms with Gasteiger partial charge in [0, 0.05) is 0 Å². The van der Waals surface area contributed by atoms with E-state index in [2.05, 4.69) is 0 Å². The highest BCUT2D eigenvalue weighted by Gasteiger charge is 2.51. The Bertz CT molecular complexity index is 328. The van der Waals surface area contributed by atoms with Crippen LogP contribution in [-0.2, 0) is 5.60 Å². The van der Waals surface area contributed by atoms with Crippen molar-refractivity contribution in [1.29, 1.82) is 0 Å². The van der Waals surface area contributed by atoms with E-state index in [9.17, 15) is 18.3 Å². The van der Waals surface area contributed by atoms with Gasteiger partial charge in [0.15, 0.2) is 5.60 Å². The van der Waals surface area contributed by atoms with Gasteiger partial charge in [-0.25, -0.2) is 0 Å². The van der Waals surface area contributed by atoms with Crippen LogP contribution in [0.4, 0.5) is 13.2 Å². The molecule has 0 saturated heterocycles. The summed E-state index contributed by atoms with van der Waals surface area (Å²) in [5, 5.41) is 9.32. The number of alkyl halides is 3. The monoisotopic (exact) mass is 220 g/mol. The van der Waals surface area contributed by atoms with Crippen molar-refractivity contribution in [3.8, 4) is 5.75 Å². The van der Waals surface area contributed by atoms with E-state index >= 15 is 0 Å². The topological polar surface area (TPSA) is 29.5 Å². The van der Waals surface area contributed by atoms with Crippen molar-refractivity contribution in [1.82, 2.24) is 0 Å². The lowest BCUT2D eigenvalue weighted by molar-refractivity contribution is -0.258. The highest BCUT2D eigenvalue weighted by molar-refractivity contribution is 5.31. The average molecular weight is 220 g/mol. The van der Waals surface area contributed by atoms with E-state index in [0.717, 1.165) is 6.92 Å². The van der Waals surface area contributed by atoms with Crippen LogP contribution in [0.25, 0.3) is 0 Å². The number of benzene rings is 1. The standard InChI is InChI=1S/C10H11F3O2/c1-9(14,10(11,12)13)7-3-5-8(15-2)6-4-7/h3-6,14H,1-2H3/t9-/m1/s1. The molecule has 0 bridgehead atoms. The van der Waals surface area contributed by atoms with Crippen molar-refractivity contribution >= 4 is 0 Å². The molecule has 1 rings (SSSR count). The summed E-state index contributed by atoms with van der Waals surface area (Å²) in [5.74, 6) is 0.441. The average Bonchev–Trinajstić information content (AvgIpc) is 2.16. The summed E-state index contributed by atoms with van der Waals surface area (Å²) in [7, 11) is 1.41. The highest BCUT2D eigenvalue weighted by Crippen LogP contribution is 2.38. The SMILES string of the molecule is COc1ccc([C@@](C)(O)C(F)(F)F)cc1. The van der Waals surface area contributed by atoms with E-state index in [1.54, 1.807) is 0 Å². The van der Waals surface area contributed by atoms with Crippen LogP contribution in [0.1, 0.15) is 12.5 Å². The lowest BCUT2D eigenvalue weighted by Gasteiger charge is -2.26. The first-order chi connectivity index (χ1) is 6.79. The van der Waals surface area contributed by atoms with Gasteiger partial charge in [0.2, 0.25) is 0 Å². The number of aliphatic hydroxyl groups is 1. The molecule has 1 aromatic carbocycles. The van der Waals surface area contributed by atoms with Crippen LogP contribution >= 0.6 is 0 Å². The molecule has 0 saturated carbocycles. The summed E-state index contributed by atoms with van der Waals surface area (Å²) in [4.78, 5) is 0.